The van der Waals surface area contributed by atoms with Gasteiger partial charge in [-0.25, -0.2) is 18.4 Å². The van der Waals surface area contributed by atoms with Gasteiger partial charge in [-0.3, -0.25) is 4.79 Å². The fourth-order valence-corrected chi connectivity index (χ4v) is 1.90. The molecular weight excluding hydrogens is 278 g/mol. The van der Waals surface area contributed by atoms with Crippen molar-refractivity contribution in [3.8, 4) is 11.4 Å². The zero-order valence-corrected chi connectivity index (χ0v) is 12.0. The van der Waals surface area contributed by atoms with Gasteiger partial charge in [0, 0.05) is 6.07 Å². The molecule has 0 saturated heterocycles. The summed E-state index contributed by atoms with van der Waals surface area (Å²) in [5.41, 5.74) is 4.76. The number of nitrogens with two attached hydrogens (primary N) is 1. The summed E-state index contributed by atoms with van der Waals surface area (Å²) in [4.78, 5) is 15.2. The summed E-state index contributed by atoms with van der Waals surface area (Å²) in [6, 6.07) is 3.23. The molecule has 0 bridgehead atoms. The lowest BCUT2D eigenvalue weighted by atomic mass is 10.1. The molecule has 0 spiro atoms. The molecule has 2 aromatic rings. The lowest BCUT2D eigenvalue weighted by Crippen LogP contribution is -2.25. The Balaban J connectivity index is 2.60. The Bertz CT molecular complexity index is 689. The van der Waals surface area contributed by atoms with E-state index in [4.69, 9.17) is 5.73 Å². The maximum Gasteiger partial charge on any atom is 0.225 e. The zero-order valence-electron chi connectivity index (χ0n) is 12.0. The van der Waals surface area contributed by atoms with Crippen molar-refractivity contribution < 1.29 is 13.6 Å². The molecular formula is C14H16F2N4O. The number of amides is 1. The molecule has 0 radical (unpaired) electrons. The standard InChI is InChI=1S/C14H16F2N4O/c1-14(2,3)20-13(18-12(19-20)7-11(17)21)9-5-4-8(15)6-10(9)16/h4-6H,7H2,1-3H3,(H2,17,21). The van der Waals surface area contributed by atoms with Gasteiger partial charge in [-0.15, -0.1) is 0 Å². The minimum Gasteiger partial charge on any atom is -0.369 e. The summed E-state index contributed by atoms with van der Waals surface area (Å²) in [6.45, 7) is 5.59. The van der Waals surface area contributed by atoms with Gasteiger partial charge < -0.3 is 5.73 Å². The van der Waals surface area contributed by atoms with Crippen LogP contribution in [0, 0.1) is 11.6 Å². The lowest BCUT2D eigenvalue weighted by molar-refractivity contribution is -0.117. The first-order valence-electron chi connectivity index (χ1n) is 6.38. The van der Waals surface area contributed by atoms with E-state index < -0.39 is 23.1 Å². The van der Waals surface area contributed by atoms with Gasteiger partial charge in [0.15, 0.2) is 11.6 Å². The number of carbonyl (C=O) groups excluding carboxylic acids is 1. The van der Waals surface area contributed by atoms with Crippen LogP contribution in [0.15, 0.2) is 18.2 Å². The molecule has 7 heteroatoms. The molecule has 1 aromatic heterocycles. The van der Waals surface area contributed by atoms with Crippen LogP contribution in [0.25, 0.3) is 11.4 Å². The van der Waals surface area contributed by atoms with E-state index in [1.807, 2.05) is 20.8 Å². The van der Waals surface area contributed by atoms with Crippen molar-refractivity contribution in [3.05, 3.63) is 35.7 Å². The Kier molecular flexibility index (Phi) is 3.76. The normalized spacial score (nSPS) is 11.7. The number of carbonyl (C=O) groups is 1. The van der Waals surface area contributed by atoms with Gasteiger partial charge in [0.1, 0.15) is 11.6 Å². The van der Waals surface area contributed by atoms with E-state index in [1.54, 1.807) is 0 Å². The summed E-state index contributed by atoms with van der Waals surface area (Å²) >= 11 is 0. The number of aromatic nitrogens is 3. The Morgan fingerprint density at radius 3 is 2.52 bits per heavy atom. The van der Waals surface area contributed by atoms with Crippen molar-refractivity contribution in [2.75, 3.05) is 0 Å². The van der Waals surface area contributed by atoms with Crippen molar-refractivity contribution in [3.63, 3.8) is 0 Å². The molecule has 1 amide bonds. The van der Waals surface area contributed by atoms with Crippen LogP contribution in [0.1, 0.15) is 26.6 Å². The largest absolute Gasteiger partial charge is 0.369 e. The predicted octanol–water partition coefficient (Wildman–Crippen LogP) is 2.01. The number of hydrogen-bond donors (Lipinski definition) is 1. The molecule has 0 aliphatic carbocycles. The molecule has 0 aliphatic rings. The Morgan fingerprint density at radius 1 is 1.33 bits per heavy atom. The van der Waals surface area contributed by atoms with E-state index in [2.05, 4.69) is 10.1 Å². The summed E-state index contributed by atoms with van der Waals surface area (Å²) in [5.74, 6) is -1.55. The fourth-order valence-electron chi connectivity index (χ4n) is 1.90. The molecule has 1 heterocycles. The molecule has 0 atom stereocenters. The van der Waals surface area contributed by atoms with Gasteiger partial charge in [-0.1, -0.05) is 0 Å². The summed E-state index contributed by atoms with van der Waals surface area (Å²) in [5, 5.41) is 4.21. The molecule has 2 N–H and O–H groups in total. The average molecular weight is 294 g/mol. The molecule has 1 aromatic carbocycles. The molecule has 112 valence electrons. The highest BCUT2D eigenvalue weighted by Gasteiger charge is 2.24. The van der Waals surface area contributed by atoms with Crippen LogP contribution < -0.4 is 5.73 Å². The number of rotatable bonds is 3. The van der Waals surface area contributed by atoms with Crippen LogP contribution in [-0.2, 0) is 16.8 Å². The first-order chi connectivity index (χ1) is 9.68. The second-order valence-electron chi connectivity index (χ2n) is 5.70. The van der Waals surface area contributed by atoms with Crippen molar-refractivity contribution in [2.45, 2.75) is 32.7 Å². The topological polar surface area (TPSA) is 73.8 Å². The molecule has 0 fully saturated rings. The van der Waals surface area contributed by atoms with Crippen LogP contribution in [-0.4, -0.2) is 20.7 Å². The van der Waals surface area contributed by atoms with E-state index in [9.17, 15) is 13.6 Å². The maximum absolute atomic E-state index is 14.0. The van der Waals surface area contributed by atoms with Crippen molar-refractivity contribution in [2.24, 2.45) is 5.73 Å². The molecule has 0 saturated carbocycles. The van der Waals surface area contributed by atoms with Gasteiger partial charge in [0.05, 0.1) is 17.5 Å². The van der Waals surface area contributed by atoms with E-state index in [0.717, 1.165) is 12.1 Å². The van der Waals surface area contributed by atoms with Crippen LogP contribution in [0.4, 0.5) is 8.78 Å². The van der Waals surface area contributed by atoms with Crippen LogP contribution >= 0.6 is 0 Å². The van der Waals surface area contributed by atoms with Crippen molar-refractivity contribution in [1.82, 2.24) is 14.8 Å². The highest BCUT2D eigenvalue weighted by molar-refractivity contribution is 5.75. The molecule has 5 nitrogen and oxygen atoms in total. The van der Waals surface area contributed by atoms with Crippen molar-refractivity contribution in [1.29, 1.82) is 0 Å². The van der Waals surface area contributed by atoms with Crippen LogP contribution in [0.2, 0.25) is 0 Å². The monoisotopic (exact) mass is 294 g/mol. The van der Waals surface area contributed by atoms with E-state index in [0.29, 0.717) is 0 Å². The van der Waals surface area contributed by atoms with Crippen LogP contribution in [0.5, 0.6) is 0 Å². The number of halogens is 2. The minimum atomic E-state index is -0.737. The molecule has 21 heavy (non-hydrogen) atoms. The first-order valence-corrected chi connectivity index (χ1v) is 6.38. The zero-order chi connectivity index (χ0) is 15.8. The predicted molar refractivity (Wildman–Crippen MR) is 73.3 cm³/mol. The number of hydrogen-bond acceptors (Lipinski definition) is 3. The Hall–Kier alpha value is -2.31. The van der Waals surface area contributed by atoms with E-state index in [1.165, 1.54) is 10.7 Å². The number of primary amides is 1. The molecule has 0 aliphatic heterocycles. The van der Waals surface area contributed by atoms with E-state index in [-0.39, 0.29) is 23.6 Å². The highest BCUT2D eigenvalue weighted by atomic mass is 19.1. The summed E-state index contributed by atoms with van der Waals surface area (Å²) < 4.78 is 28.5. The Morgan fingerprint density at radius 2 is 2.00 bits per heavy atom. The Labute approximate surface area is 120 Å². The first kappa shape index (κ1) is 15.1. The smallest absolute Gasteiger partial charge is 0.225 e. The molecule has 0 unspecified atom stereocenters. The lowest BCUT2D eigenvalue weighted by Gasteiger charge is -2.21. The number of nitrogens with zero attached hydrogens (tertiary/aromatic N) is 3. The third-order valence-corrected chi connectivity index (χ3v) is 2.79. The van der Waals surface area contributed by atoms with E-state index >= 15 is 0 Å². The maximum atomic E-state index is 14.0. The summed E-state index contributed by atoms with van der Waals surface area (Å²) in [7, 11) is 0. The second kappa shape index (κ2) is 5.23. The van der Waals surface area contributed by atoms with Crippen molar-refractivity contribution >= 4 is 5.91 Å². The number of benzene rings is 1. The van der Waals surface area contributed by atoms with Gasteiger partial charge >= 0.3 is 0 Å². The highest BCUT2D eigenvalue weighted by Crippen LogP contribution is 2.26. The quantitative estimate of drug-likeness (QED) is 0.941. The van der Waals surface area contributed by atoms with Gasteiger partial charge in [-0.2, -0.15) is 5.10 Å². The van der Waals surface area contributed by atoms with Gasteiger partial charge in [0.25, 0.3) is 0 Å². The van der Waals surface area contributed by atoms with Crippen LogP contribution in [0.3, 0.4) is 0 Å². The second-order valence-corrected chi connectivity index (χ2v) is 5.70. The van der Waals surface area contributed by atoms with Gasteiger partial charge in [0.2, 0.25) is 5.91 Å². The third kappa shape index (κ3) is 3.24. The van der Waals surface area contributed by atoms with Gasteiger partial charge in [-0.05, 0) is 32.9 Å². The minimum absolute atomic E-state index is 0.120. The fraction of sp³-hybridized carbons (Fsp3) is 0.357. The SMILES string of the molecule is CC(C)(C)n1nc(CC(N)=O)nc1-c1ccc(F)cc1F. The summed E-state index contributed by atoms with van der Waals surface area (Å²) in [6.07, 6.45) is -0.140. The average Bonchev–Trinajstić information content (AvgIpc) is 2.71. The molecule has 2 rings (SSSR count). The third-order valence-electron chi connectivity index (χ3n) is 2.79.